The summed E-state index contributed by atoms with van der Waals surface area (Å²) in [6, 6.07) is 32.4. The molecule has 0 amide bonds. The van der Waals surface area contributed by atoms with Crippen LogP contribution in [0.5, 0.6) is 17.2 Å². The highest BCUT2D eigenvalue weighted by molar-refractivity contribution is 5.86. The molecule has 2 aliphatic rings. The van der Waals surface area contributed by atoms with Gasteiger partial charge in [0, 0.05) is 0 Å². The summed E-state index contributed by atoms with van der Waals surface area (Å²) in [4.78, 5) is 0. The Morgan fingerprint density at radius 1 is 0.438 bits per heavy atom. The Balaban J connectivity index is 1.70. The first kappa shape index (κ1) is 19.0. The van der Waals surface area contributed by atoms with Gasteiger partial charge in [-0.2, -0.15) is 0 Å². The Labute approximate surface area is 188 Å². The second-order valence-corrected chi connectivity index (χ2v) is 8.41. The lowest BCUT2D eigenvalue weighted by Gasteiger charge is -2.69. The van der Waals surface area contributed by atoms with Crippen molar-refractivity contribution >= 4 is 0 Å². The maximum Gasteiger partial charge on any atom is 0.119 e. The van der Waals surface area contributed by atoms with Crippen molar-refractivity contribution in [3.8, 4) is 17.2 Å². The van der Waals surface area contributed by atoms with Gasteiger partial charge < -0.3 is 14.2 Å². The number of hydrogen-bond acceptors (Lipinski definition) is 3. The van der Waals surface area contributed by atoms with Crippen molar-refractivity contribution in [1.82, 2.24) is 0 Å². The van der Waals surface area contributed by atoms with Crippen LogP contribution in [0.15, 0.2) is 91.0 Å². The summed E-state index contributed by atoms with van der Waals surface area (Å²) in [5, 5.41) is 0. The van der Waals surface area contributed by atoms with Gasteiger partial charge in [-0.05, 0) is 69.8 Å². The quantitative estimate of drug-likeness (QED) is 0.414. The van der Waals surface area contributed by atoms with E-state index in [0.29, 0.717) is 0 Å². The Bertz CT molecular complexity index is 1320. The average molecular weight is 421 g/mol. The lowest BCUT2D eigenvalue weighted by atomic mass is 9.30. The second kappa shape index (κ2) is 6.64. The summed E-state index contributed by atoms with van der Waals surface area (Å²) in [7, 11) is 5.14. The Hall–Kier alpha value is -3.72. The van der Waals surface area contributed by atoms with E-state index < -0.39 is 0 Å². The Morgan fingerprint density at radius 3 is 1.31 bits per heavy atom. The lowest BCUT2D eigenvalue weighted by molar-refractivity contribution is 0.286. The van der Waals surface area contributed by atoms with E-state index in [1.165, 1.54) is 33.4 Å². The van der Waals surface area contributed by atoms with Crippen LogP contribution >= 0.6 is 0 Å². The predicted molar refractivity (Wildman–Crippen MR) is 125 cm³/mol. The molecule has 2 atom stereocenters. The third-order valence-corrected chi connectivity index (χ3v) is 7.38. The first-order valence-electron chi connectivity index (χ1n) is 10.8. The number of methoxy groups -OCH3 is 3. The summed E-state index contributed by atoms with van der Waals surface area (Å²) >= 11 is 0. The first-order chi connectivity index (χ1) is 15.7. The van der Waals surface area contributed by atoms with Crippen molar-refractivity contribution in [2.75, 3.05) is 21.3 Å². The third-order valence-electron chi connectivity index (χ3n) is 7.38. The molecule has 4 aromatic rings. The zero-order chi connectivity index (χ0) is 21.9. The van der Waals surface area contributed by atoms with Gasteiger partial charge >= 0.3 is 0 Å². The van der Waals surface area contributed by atoms with Crippen LogP contribution in [0.1, 0.15) is 33.4 Å². The van der Waals surface area contributed by atoms with Crippen molar-refractivity contribution in [3.05, 3.63) is 124 Å². The highest BCUT2D eigenvalue weighted by Crippen LogP contribution is 2.76. The van der Waals surface area contributed by atoms with Crippen molar-refractivity contribution in [1.29, 1.82) is 0 Å². The molecule has 0 spiro atoms. The molecule has 0 radical (unpaired) electrons. The van der Waals surface area contributed by atoms with Gasteiger partial charge in [-0.1, -0.05) is 54.6 Å². The van der Waals surface area contributed by atoms with Gasteiger partial charge in [0.1, 0.15) is 17.2 Å². The number of ether oxygens (including phenoxy) is 3. The normalized spacial score (nSPS) is 21.8. The molecule has 2 aliphatic carbocycles. The number of fused-ring (bicyclic) bond motifs is 7. The van der Waals surface area contributed by atoms with Crippen molar-refractivity contribution in [2.45, 2.75) is 10.8 Å². The smallest absolute Gasteiger partial charge is 0.119 e. The van der Waals surface area contributed by atoms with E-state index >= 15 is 0 Å². The molecule has 0 unspecified atom stereocenters. The molecular weight excluding hydrogens is 396 g/mol. The van der Waals surface area contributed by atoms with E-state index in [-0.39, 0.29) is 10.8 Å². The van der Waals surface area contributed by atoms with Crippen LogP contribution < -0.4 is 14.2 Å². The molecular formula is C29H24O3. The van der Waals surface area contributed by atoms with E-state index in [9.17, 15) is 0 Å². The molecule has 0 N–H and O–H groups in total. The fraction of sp³-hybridized carbons (Fsp3) is 0.172. The maximum absolute atomic E-state index is 5.63. The molecule has 3 heteroatoms. The van der Waals surface area contributed by atoms with Crippen molar-refractivity contribution in [3.63, 3.8) is 0 Å². The molecule has 0 bridgehead atoms. The van der Waals surface area contributed by atoms with Gasteiger partial charge in [0.05, 0.1) is 32.2 Å². The minimum atomic E-state index is -0.283. The molecule has 4 aromatic carbocycles. The van der Waals surface area contributed by atoms with E-state index in [1.54, 1.807) is 21.3 Å². The van der Waals surface area contributed by atoms with Gasteiger partial charge in [-0.3, -0.25) is 0 Å². The molecule has 0 saturated carbocycles. The standard InChI is InChI=1S/C29H24O3/c1-30-21-12-8-19(9-13-21)28-24-6-4-5-7-25(24)29(28,20-10-14-22(31-2)15-11-20)27-18-23(32-3)16-17-26(27)28/h4-18H,1-3H3/t28-,29-/m1/s1. The van der Waals surface area contributed by atoms with Crippen LogP contribution in [-0.2, 0) is 10.8 Å². The summed E-state index contributed by atoms with van der Waals surface area (Å²) in [5.41, 5.74) is 7.33. The van der Waals surface area contributed by atoms with Crippen LogP contribution in [0.2, 0.25) is 0 Å². The molecule has 0 heterocycles. The molecule has 158 valence electrons. The van der Waals surface area contributed by atoms with Crippen LogP contribution in [-0.4, -0.2) is 21.3 Å². The largest absolute Gasteiger partial charge is 0.497 e. The Morgan fingerprint density at radius 2 is 0.844 bits per heavy atom. The van der Waals surface area contributed by atoms with Gasteiger partial charge in [-0.25, -0.2) is 0 Å². The van der Waals surface area contributed by atoms with E-state index in [0.717, 1.165) is 17.2 Å². The molecule has 6 rings (SSSR count). The fourth-order valence-electron chi connectivity index (χ4n) is 6.13. The topological polar surface area (TPSA) is 27.7 Å². The maximum atomic E-state index is 5.63. The summed E-state index contributed by atoms with van der Waals surface area (Å²) < 4.78 is 16.5. The number of hydrogen-bond donors (Lipinski definition) is 0. The third kappa shape index (κ3) is 2.02. The summed E-state index contributed by atoms with van der Waals surface area (Å²) in [6.45, 7) is 0. The number of benzene rings is 4. The molecule has 0 saturated heterocycles. The van der Waals surface area contributed by atoms with Crippen LogP contribution in [0, 0.1) is 0 Å². The zero-order valence-electron chi connectivity index (χ0n) is 18.4. The highest BCUT2D eigenvalue weighted by atomic mass is 16.5. The second-order valence-electron chi connectivity index (χ2n) is 8.41. The molecule has 32 heavy (non-hydrogen) atoms. The van der Waals surface area contributed by atoms with E-state index in [4.69, 9.17) is 14.2 Å². The van der Waals surface area contributed by atoms with E-state index in [2.05, 4.69) is 91.0 Å². The number of rotatable bonds is 5. The minimum Gasteiger partial charge on any atom is -0.497 e. The minimum absolute atomic E-state index is 0.258. The fourth-order valence-corrected chi connectivity index (χ4v) is 6.13. The van der Waals surface area contributed by atoms with Crippen LogP contribution in [0.4, 0.5) is 0 Å². The predicted octanol–water partition coefficient (Wildman–Crippen LogP) is 5.71. The van der Waals surface area contributed by atoms with Crippen LogP contribution in [0.25, 0.3) is 0 Å². The average Bonchev–Trinajstić information content (AvgIpc) is 2.85. The summed E-state index contributed by atoms with van der Waals surface area (Å²) in [5.74, 6) is 2.60. The summed E-state index contributed by atoms with van der Waals surface area (Å²) in [6.07, 6.45) is 0. The molecule has 0 aromatic heterocycles. The van der Waals surface area contributed by atoms with Crippen molar-refractivity contribution < 1.29 is 14.2 Å². The first-order valence-corrected chi connectivity index (χ1v) is 10.8. The SMILES string of the molecule is COc1ccc([C@]23c4ccccc4[C@]2(c2ccc(OC)cc2)c2cc(OC)ccc23)cc1. The Kier molecular flexibility index (Phi) is 3.94. The molecule has 0 fully saturated rings. The lowest BCUT2D eigenvalue weighted by Crippen LogP contribution is -2.68. The van der Waals surface area contributed by atoms with Crippen LogP contribution in [0.3, 0.4) is 0 Å². The zero-order valence-corrected chi connectivity index (χ0v) is 18.4. The van der Waals surface area contributed by atoms with Gasteiger partial charge in [0.15, 0.2) is 0 Å². The van der Waals surface area contributed by atoms with Crippen molar-refractivity contribution in [2.24, 2.45) is 0 Å². The molecule has 0 aliphatic heterocycles. The van der Waals surface area contributed by atoms with Gasteiger partial charge in [0.25, 0.3) is 0 Å². The monoisotopic (exact) mass is 420 g/mol. The highest BCUT2D eigenvalue weighted by Gasteiger charge is 2.73. The van der Waals surface area contributed by atoms with Gasteiger partial charge in [-0.15, -0.1) is 0 Å². The van der Waals surface area contributed by atoms with Gasteiger partial charge in [0.2, 0.25) is 0 Å². The molecule has 3 nitrogen and oxygen atoms in total. The van der Waals surface area contributed by atoms with E-state index in [1.807, 2.05) is 0 Å².